The van der Waals surface area contributed by atoms with Gasteiger partial charge in [0.15, 0.2) is 0 Å². The van der Waals surface area contributed by atoms with Crippen molar-refractivity contribution in [3.8, 4) is 5.69 Å². The first-order valence-corrected chi connectivity index (χ1v) is 9.83. The second-order valence-corrected chi connectivity index (χ2v) is 7.72. The van der Waals surface area contributed by atoms with E-state index in [1.165, 1.54) is 5.56 Å². The zero-order chi connectivity index (χ0) is 20.0. The quantitative estimate of drug-likeness (QED) is 0.831. The van der Waals surface area contributed by atoms with E-state index in [0.717, 1.165) is 40.5 Å². The maximum atomic E-state index is 12.7. The average Bonchev–Trinajstić information content (AvgIpc) is 3.41. The van der Waals surface area contributed by atoms with E-state index in [0.29, 0.717) is 12.2 Å². The van der Waals surface area contributed by atoms with Crippen molar-refractivity contribution in [1.82, 2.24) is 20.1 Å². The molecule has 28 heavy (non-hydrogen) atoms. The summed E-state index contributed by atoms with van der Waals surface area (Å²) in [5, 5.41) is 21.2. The number of carbonyl (C=O) groups excluding carboxylic acids is 1. The third-order valence-corrected chi connectivity index (χ3v) is 5.44. The maximum Gasteiger partial charge on any atom is 0.245 e. The van der Waals surface area contributed by atoms with Crippen LogP contribution in [0.1, 0.15) is 49.9 Å². The van der Waals surface area contributed by atoms with E-state index in [4.69, 9.17) is 0 Å². The monoisotopic (exact) mass is 381 g/mol. The van der Waals surface area contributed by atoms with Crippen molar-refractivity contribution in [3.05, 3.63) is 47.3 Å². The summed E-state index contributed by atoms with van der Waals surface area (Å²) in [5.41, 5.74) is 4.91. The van der Waals surface area contributed by atoms with Crippen LogP contribution in [0.15, 0.2) is 30.5 Å². The molecule has 0 saturated heterocycles. The van der Waals surface area contributed by atoms with Gasteiger partial charge in [-0.15, -0.1) is 10.3 Å². The van der Waals surface area contributed by atoms with E-state index >= 15 is 0 Å². The normalized spacial score (nSPS) is 17.2. The van der Waals surface area contributed by atoms with Gasteiger partial charge in [0, 0.05) is 17.8 Å². The summed E-state index contributed by atoms with van der Waals surface area (Å²) in [4.78, 5) is 12.7. The van der Waals surface area contributed by atoms with Crippen LogP contribution in [0.2, 0.25) is 0 Å². The number of nitrogens with zero attached hydrogens (tertiary/aromatic N) is 4. The summed E-state index contributed by atoms with van der Waals surface area (Å²) < 4.78 is 1.83. The van der Waals surface area contributed by atoms with Gasteiger partial charge >= 0.3 is 0 Å². The Morgan fingerprint density at radius 1 is 1.25 bits per heavy atom. The number of nitrogens with one attached hydrogen (secondary N) is 1. The minimum atomic E-state index is -0.487. The number of rotatable bonds is 5. The van der Waals surface area contributed by atoms with Gasteiger partial charge in [0.2, 0.25) is 11.7 Å². The predicted molar refractivity (Wildman–Crippen MR) is 108 cm³/mol. The van der Waals surface area contributed by atoms with Crippen LogP contribution in [0.5, 0.6) is 0 Å². The lowest BCUT2D eigenvalue weighted by atomic mass is 10.1. The molecule has 0 radical (unpaired) electrons. The molecule has 1 atom stereocenters. The van der Waals surface area contributed by atoms with Crippen molar-refractivity contribution in [1.29, 1.82) is 0 Å². The molecule has 1 aliphatic heterocycles. The summed E-state index contributed by atoms with van der Waals surface area (Å²) in [5.74, 6) is 0.377. The lowest BCUT2D eigenvalue weighted by Crippen LogP contribution is -2.52. The first-order valence-electron chi connectivity index (χ1n) is 9.83. The highest BCUT2D eigenvalue weighted by Crippen LogP contribution is 2.36. The number of anilines is 1. The summed E-state index contributed by atoms with van der Waals surface area (Å²) >= 11 is 0. The van der Waals surface area contributed by atoms with Crippen LogP contribution in [-0.2, 0) is 4.79 Å². The van der Waals surface area contributed by atoms with Crippen LogP contribution in [0, 0.1) is 13.8 Å². The van der Waals surface area contributed by atoms with Gasteiger partial charge in [-0.05, 0) is 57.7 Å². The first kappa shape index (κ1) is 18.6. The Balaban J connectivity index is 1.69. The Morgan fingerprint density at radius 2 is 1.93 bits per heavy atom. The highest BCUT2D eigenvalue weighted by atomic mass is 16.6. The van der Waals surface area contributed by atoms with Crippen molar-refractivity contribution < 1.29 is 10.0 Å². The van der Waals surface area contributed by atoms with E-state index in [1.807, 2.05) is 62.8 Å². The van der Waals surface area contributed by atoms with Crippen molar-refractivity contribution in [2.75, 3.05) is 5.17 Å². The summed E-state index contributed by atoms with van der Waals surface area (Å²) in [6, 6.07) is 7.89. The molecule has 1 fully saturated rings. The Morgan fingerprint density at radius 3 is 2.54 bits per heavy atom. The number of fused-ring (bicyclic) bond motifs is 1. The van der Waals surface area contributed by atoms with Gasteiger partial charge in [0.05, 0.1) is 11.4 Å². The van der Waals surface area contributed by atoms with Gasteiger partial charge in [0.25, 0.3) is 0 Å². The molecule has 1 saturated carbocycles. The Hall–Kier alpha value is -2.80. The molecule has 1 aromatic heterocycles. The number of aromatic nitrogens is 2. The molecule has 2 aromatic rings. The Kier molecular flexibility index (Phi) is 4.63. The van der Waals surface area contributed by atoms with E-state index in [1.54, 1.807) is 5.01 Å². The fourth-order valence-corrected chi connectivity index (χ4v) is 3.69. The smallest absolute Gasteiger partial charge is 0.245 e. The van der Waals surface area contributed by atoms with Gasteiger partial charge in [-0.1, -0.05) is 24.6 Å². The van der Waals surface area contributed by atoms with Gasteiger partial charge in [0.1, 0.15) is 6.04 Å². The third kappa shape index (κ3) is 3.16. The van der Waals surface area contributed by atoms with E-state index in [2.05, 4.69) is 10.4 Å². The fourth-order valence-electron chi connectivity index (χ4n) is 3.69. The van der Waals surface area contributed by atoms with Crippen molar-refractivity contribution in [2.24, 2.45) is 0 Å². The third-order valence-electron chi connectivity index (χ3n) is 5.44. The second kappa shape index (κ2) is 6.98. The molecule has 7 heteroatoms. The number of aryl methyl sites for hydroxylation is 1. The number of hydrazine groups is 1. The number of amides is 1. The zero-order valence-electron chi connectivity index (χ0n) is 16.8. The van der Waals surface area contributed by atoms with Crippen LogP contribution >= 0.6 is 0 Å². The second-order valence-electron chi connectivity index (χ2n) is 7.72. The molecule has 148 valence electrons. The number of hydrogen-bond acceptors (Lipinski definition) is 5. The molecule has 0 spiro atoms. The summed E-state index contributed by atoms with van der Waals surface area (Å²) in [7, 11) is 0. The predicted octanol–water partition coefficient (Wildman–Crippen LogP) is 3.33. The van der Waals surface area contributed by atoms with Crippen molar-refractivity contribution >= 4 is 17.3 Å². The molecule has 1 amide bonds. The largest absolute Gasteiger partial charge is 0.352 e. The molecule has 1 aliphatic carbocycles. The topological polar surface area (TPSA) is 73.6 Å². The fraction of sp³-hybridized carbons (Fsp3) is 0.429. The van der Waals surface area contributed by atoms with Crippen LogP contribution in [0.4, 0.5) is 5.82 Å². The number of carbonyl (C=O) groups is 1. The first-order chi connectivity index (χ1) is 13.4. The van der Waals surface area contributed by atoms with Crippen LogP contribution in [-0.4, -0.2) is 38.0 Å². The number of hydrogen-bond donors (Lipinski definition) is 2. The molecule has 4 rings (SSSR count). The van der Waals surface area contributed by atoms with E-state index < -0.39 is 6.04 Å². The van der Waals surface area contributed by atoms with Crippen LogP contribution in [0.25, 0.3) is 11.3 Å². The van der Waals surface area contributed by atoms with Gasteiger partial charge in [-0.25, -0.2) is 4.68 Å². The van der Waals surface area contributed by atoms with Crippen molar-refractivity contribution in [2.45, 2.75) is 59.0 Å². The minimum Gasteiger partial charge on any atom is -0.352 e. The number of benzene rings is 1. The Labute approximate surface area is 165 Å². The molecule has 0 bridgehead atoms. The van der Waals surface area contributed by atoms with Gasteiger partial charge in [-0.2, -0.15) is 0 Å². The molecule has 2 N–H and O–H groups in total. The zero-order valence-corrected chi connectivity index (χ0v) is 16.8. The summed E-state index contributed by atoms with van der Waals surface area (Å²) in [6.45, 7) is 7.96. The molecule has 1 aromatic carbocycles. The maximum absolute atomic E-state index is 12.7. The van der Waals surface area contributed by atoms with Crippen molar-refractivity contribution in [3.63, 3.8) is 0 Å². The minimum absolute atomic E-state index is 0.0637. The highest BCUT2D eigenvalue weighted by Gasteiger charge is 2.36. The average molecular weight is 381 g/mol. The lowest BCUT2D eigenvalue weighted by Gasteiger charge is -2.37. The van der Waals surface area contributed by atoms with E-state index in [9.17, 15) is 10.0 Å². The van der Waals surface area contributed by atoms with Crippen LogP contribution < -0.4 is 10.5 Å². The standard InChI is InChI=1S/C21H27N5O2/c1-5-18(21(27)22-16-8-9-16)24-12-14(3)19-15(4)25(23-20(19)26(24)28)17-10-6-13(2)7-11-17/h6-7,10-12,16,18,28H,5,8-9H2,1-4H3,(H,22,27). The van der Waals surface area contributed by atoms with Crippen LogP contribution in [0.3, 0.4) is 0 Å². The van der Waals surface area contributed by atoms with E-state index in [-0.39, 0.29) is 11.9 Å². The van der Waals surface area contributed by atoms with Gasteiger partial charge in [-0.3, -0.25) is 15.0 Å². The molecular weight excluding hydrogens is 354 g/mol. The molecule has 7 nitrogen and oxygen atoms in total. The lowest BCUT2D eigenvalue weighted by molar-refractivity contribution is -0.127. The SMILES string of the molecule is CCC(C(=O)NC1CC1)N1C=C(C)c2c(nn(-c3ccc(C)cc3)c2C)N1O. The van der Waals surface area contributed by atoms with Gasteiger partial charge < -0.3 is 5.32 Å². The molecule has 1 unspecified atom stereocenters. The molecule has 2 aliphatic rings. The molecule has 2 heterocycles. The highest BCUT2D eigenvalue weighted by molar-refractivity contribution is 5.84. The molecular formula is C21H27N5O2. The number of allylic oxidation sites excluding steroid dienone is 1. The summed E-state index contributed by atoms with van der Waals surface area (Å²) in [6.07, 6.45) is 4.47. The Bertz CT molecular complexity index is 927.